The van der Waals surface area contributed by atoms with Crippen LogP contribution in [0.1, 0.15) is 19.3 Å². The number of likely N-dealkylation sites (N-methyl/N-ethyl adjacent to an activating group) is 1. The molecule has 7 heteroatoms. The molecule has 1 aromatic rings. The molecule has 0 aliphatic heterocycles. The van der Waals surface area contributed by atoms with Gasteiger partial charge in [0, 0.05) is 26.8 Å². The smallest absolute Gasteiger partial charge is 0.287 e. The fourth-order valence-electron chi connectivity index (χ4n) is 1.81. The minimum atomic E-state index is -0.247. The van der Waals surface area contributed by atoms with Crippen molar-refractivity contribution in [2.24, 2.45) is 0 Å². The van der Waals surface area contributed by atoms with Gasteiger partial charge in [0.05, 0.1) is 18.4 Å². The van der Waals surface area contributed by atoms with Gasteiger partial charge in [0.25, 0.3) is 5.56 Å². The van der Waals surface area contributed by atoms with E-state index in [0.29, 0.717) is 12.2 Å². The zero-order valence-corrected chi connectivity index (χ0v) is 13.8. The summed E-state index contributed by atoms with van der Waals surface area (Å²) in [5, 5.41) is 7.52. The molecule has 0 bridgehead atoms. The van der Waals surface area contributed by atoms with Crippen molar-refractivity contribution in [3.05, 3.63) is 21.6 Å². The number of unbranched alkanes of at least 4 members (excludes halogenated alkanes) is 2. The maximum Gasteiger partial charge on any atom is 0.287 e. The van der Waals surface area contributed by atoms with Crippen LogP contribution >= 0.6 is 11.6 Å². The third-order valence-corrected chi connectivity index (χ3v) is 3.45. The van der Waals surface area contributed by atoms with Crippen LogP contribution in [0, 0.1) is 0 Å². The van der Waals surface area contributed by atoms with Gasteiger partial charge < -0.3 is 15.0 Å². The first-order chi connectivity index (χ1) is 10.1. The summed E-state index contributed by atoms with van der Waals surface area (Å²) in [5.41, 5.74) is 0.359. The molecule has 0 aliphatic rings. The van der Waals surface area contributed by atoms with E-state index in [0.717, 1.165) is 39.0 Å². The topological polar surface area (TPSA) is 59.4 Å². The number of nitrogens with zero attached hydrogens (tertiary/aromatic N) is 3. The zero-order valence-electron chi connectivity index (χ0n) is 13.1. The second-order valence-corrected chi connectivity index (χ2v) is 5.56. The molecule has 0 unspecified atom stereocenters. The van der Waals surface area contributed by atoms with Crippen LogP contribution in [-0.4, -0.2) is 55.6 Å². The van der Waals surface area contributed by atoms with Crippen LogP contribution < -0.4 is 10.9 Å². The second kappa shape index (κ2) is 9.76. The van der Waals surface area contributed by atoms with E-state index in [4.69, 9.17) is 16.3 Å². The molecule has 0 amide bonds. The number of hydrogen-bond donors (Lipinski definition) is 1. The van der Waals surface area contributed by atoms with Crippen LogP contribution in [0.2, 0.25) is 5.02 Å². The number of anilines is 1. The Kier molecular flexibility index (Phi) is 8.34. The van der Waals surface area contributed by atoms with E-state index >= 15 is 0 Å². The molecule has 0 saturated carbocycles. The lowest BCUT2D eigenvalue weighted by molar-refractivity contribution is 0.192. The van der Waals surface area contributed by atoms with E-state index in [1.165, 1.54) is 4.68 Å². The van der Waals surface area contributed by atoms with Crippen LogP contribution in [-0.2, 0) is 11.3 Å². The third-order valence-electron chi connectivity index (χ3n) is 3.08. The lowest BCUT2D eigenvalue weighted by Crippen LogP contribution is -2.29. The Morgan fingerprint density at radius 2 is 2.14 bits per heavy atom. The third kappa shape index (κ3) is 6.46. The van der Waals surface area contributed by atoms with Crippen molar-refractivity contribution in [2.45, 2.75) is 25.8 Å². The van der Waals surface area contributed by atoms with Gasteiger partial charge in [-0.05, 0) is 33.4 Å². The summed E-state index contributed by atoms with van der Waals surface area (Å²) >= 11 is 6.11. The van der Waals surface area contributed by atoms with Gasteiger partial charge in [-0.1, -0.05) is 11.6 Å². The summed E-state index contributed by atoms with van der Waals surface area (Å²) in [6, 6.07) is 0. The van der Waals surface area contributed by atoms with Gasteiger partial charge in [-0.15, -0.1) is 0 Å². The lowest BCUT2D eigenvalue weighted by Gasteiger charge is -2.12. The standard InChI is InChI=1S/C14H25ClN4O2/c1-18(2)8-9-19-14(20)13(15)12(11-17-19)16-7-5-4-6-10-21-3/h11,16H,4-10H2,1-3H3. The SMILES string of the molecule is COCCCCCNc1cnn(CCN(C)C)c(=O)c1Cl. The van der Waals surface area contributed by atoms with E-state index in [1.54, 1.807) is 13.3 Å². The second-order valence-electron chi connectivity index (χ2n) is 5.18. The van der Waals surface area contributed by atoms with Crippen molar-refractivity contribution >= 4 is 17.3 Å². The van der Waals surface area contributed by atoms with E-state index in [-0.39, 0.29) is 10.6 Å². The molecular weight excluding hydrogens is 292 g/mol. The summed E-state index contributed by atoms with van der Waals surface area (Å²) in [7, 11) is 5.60. The Morgan fingerprint density at radius 1 is 1.38 bits per heavy atom. The molecule has 120 valence electrons. The maximum atomic E-state index is 12.1. The van der Waals surface area contributed by atoms with E-state index in [1.807, 2.05) is 19.0 Å². The Labute approximate surface area is 131 Å². The number of rotatable bonds is 10. The molecule has 0 saturated heterocycles. The highest BCUT2D eigenvalue weighted by Gasteiger charge is 2.08. The summed E-state index contributed by atoms with van der Waals surface area (Å²) in [6.07, 6.45) is 4.74. The van der Waals surface area contributed by atoms with E-state index < -0.39 is 0 Å². The van der Waals surface area contributed by atoms with Crippen LogP contribution in [0.5, 0.6) is 0 Å². The molecule has 0 atom stereocenters. The van der Waals surface area contributed by atoms with Gasteiger partial charge in [0.1, 0.15) is 5.02 Å². The molecule has 0 aromatic carbocycles. The lowest BCUT2D eigenvalue weighted by atomic mass is 10.2. The Bertz CT molecular complexity index is 477. The van der Waals surface area contributed by atoms with Gasteiger partial charge in [-0.3, -0.25) is 4.79 Å². The molecule has 0 aliphatic carbocycles. The number of nitrogens with one attached hydrogen (secondary N) is 1. The first-order valence-electron chi connectivity index (χ1n) is 7.19. The van der Waals surface area contributed by atoms with Crippen LogP contribution in [0.25, 0.3) is 0 Å². The van der Waals surface area contributed by atoms with Crippen molar-refractivity contribution in [1.82, 2.24) is 14.7 Å². The number of hydrogen-bond acceptors (Lipinski definition) is 5. The number of methoxy groups -OCH3 is 1. The molecule has 6 nitrogen and oxygen atoms in total. The highest BCUT2D eigenvalue weighted by molar-refractivity contribution is 6.32. The Morgan fingerprint density at radius 3 is 2.81 bits per heavy atom. The van der Waals surface area contributed by atoms with Gasteiger partial charge in [0.15, 0.2) is 0 Å². The highest BCUT2D eigenvalue weighted by atomic mass is 35.5. The number of ether oxygens (including phenoxy) is 1. The minimum absolute atomic E-state index is 0.209. The van der Waals surface area contributed by atoms with E-state index in [9.17, 15) is 4.79 Å². The zero-order chi connectivity index (χ0) is 15.7. The molecule has 1 N–H and O–H groups in total. The summed E-state index contributed by atoms with van der Waals surface area (Å²) in [5.74, 6) is 0. The van der Waals surface area contributed by atoms with Gasteiger partial charge in [0.2, 0.25) is 0 Å². The van der Waals surface area contributed by atoms with Gasteiger partial charge in [-0.25, -0.2) is 4.68 Å². The van der Waals surface area contributed by atoms with E-state index in [2.05, 4.69) is 10.4 Å². The molecule has 21 heavy (non-hydrogen) atoms. The fraction of sp³-hybridized carbons (Fsp3) is 0.714. The minimum Gasteiger partial charge on any atom is -0.385 e. The van der Waals surface area contributed by atoms with Crippen molar-refractivity contribution in [2.75, 3.05) is 46.2 Å². The maximum absolute atomic E-state index is 12.1. The molecule has 0 spiro atoms. The molecule has 1 aromatic heterocycles. The summed E-state index contributed by atoms with van der Waals surface area (Å²) < 4.78 is 6.39. The first kappa shape index (κ1) is 17.9. The van der Waals surface area contributed by atoms with Crippen LogP contribution in [0.4, 0.5) is 5.69 Å². The Balaban J connectivity index is 2.49. The molecule has 0 radical (unpaired) electrons. The van der Waals surface area contributed by atoms with Gasteiger partial charge in [-0.2, -0.15) is 5.10 Å². The normalized spacial score (nSPS) is 11.1. The summed E-state index contributed by atoms with van der Waals surface area (Å²) in [6.45, 7) is 2.83. The van der Waals surface area contributed by atoms with Crippen molar-refractivity contribution in [1.29, 1.82) is 0 Å². The van der Waals surface area contributed by atoms with Crippen LogP contribution in [0.15, 0.2) is 11.0 Å². The van der Waals surface area contributed by atoms with Crippen LogP contribution in [0.3, 0.4) is 0 Å². The number of aromatic nitrogens is 2. The number of halogens is 1. The largest absolute Gasteiger partial charge is 0.385 e. The highest BCUT2D eigenvalue weighted by Crippen LogP contribution is 2.15. The molecular formula is C14H25ClN4O2. The predicted octanol–water partition coefficient (Wildman–Crippen LogP) is 1.69. The summed E-state index contributed by atoms with van der Waals surface area (Å²) in [4.78, 5) is 14.1. The van der Waals surface area contributed by atoms with Crippen molar-refractivity contribution in [3.63, 3.8) is 0 Å². The predicted molar refractivity (Wildman–Crippen MR) is 86.3 cm³/mol. The average Bonchev–Trinajstić information content (AvgIpc) is 2.45. The first-order valence-corrected chi connectivity index (χ1v) is 7.57. The molecule has 0 fully saturated rings. The Hall–Kier alpha value is -1.11. The average molecular weight is 317 g/mol. The monoisotopic (exact) mass is 316 g/mol. The molecule has 1 heterocycles. The molecule has 1 rings (SSSR count). The van der Waals surface area contributed by atoms with Crippen molar-refractivity contribution in [3.8, 4) is 0 Å². The van der Waals surface area contributed by atoms with Gasteiger partial charge >= 0.3 is 0 Å². The fourth-order valence-corrected chi connectivity index (χ4v) is 2.03. The van der Waals surface area contributed by atoms with Crippen molar-refractivity contribution < 1.29 is 4.74 Å². The quantitative estimate of drug-likeness (QED) is 0.666.